The summed E-state index contributed by atoms with van der Waals surface area (Å²) in [6, 6.07) is 15.1. The van der Waals surface area contributed by atoms with Gasteiger partial charge in [-0.25, -0.2) is 8.42 Å². The molecule has 208 valence electrons. The Morgan fingerprint density at radius 1 is 1.15 bits per heavy atom. The molecule has 3 heterocycles. The SMILES string of the molecule is CC(C)Oc1ccc(S(=O)(=O)N2CCC(c3cn(CC(=O)O)c4cc(NC(=O)c5cccnc5)ccc34)C2)cc1. The van der Waals surface area contributed by atoms with E-state index in [0.717, 1.165) is 10.9 Å². The Morgan fingerprint density at radius 3 is 2.60 bits per heavy atom. The van der Waals surface area contributed by atoms with Crippen LogP contribution in [0.5, 0.6) is 5.75 Å². The van der Waals surface area contributed by atoms with Crippen LogP contribution in [0.25, 0.3) is 10.9 Å². The second kappa shape index (κ2) is 11.1. The number of rotatable bonds is 9. The van der Waals surface area contributed by atoms with Crippen molar-refractivity contribution >= 4 is 38.5 Å². The Morgan fingerprint density at radius 2 is 1.93 bits per heavy atom. The van der Waals surface area contributed by atoms with Crippen LogP contribution in [0.1, 0.15) is 42.1 Å². The number of aliphatic carboxylic acids is 1. The molecule has 2 aromatic carbocycles. The Balaban J connectivity index is 1.39. The van der Waals surface area contributed by atoms with Crippen LogP contribution in [0.2, 0.25) is 0 Å². The number of amides is 1. The number of nitrogens with zero attached hydrogens (tertiary/aromatic N) is 3. The first-order chi connectivity index (χ1) is 19.1. The molecule has 1 atom stereocenters. The lowest BCUT2D eigenvalue weighted by molar-refractivity contribution is -0.137. The molecule has 0 bridgehead atoms. The number of carboxylic acid groups (broad SMARTS) is 1. The van der Waals surface area contributed by atoms with E-state index >= 15 is 0 Å². The molecule has 0 saturated carbocycles. The Bertz CT molecular complexity index is 1650. The number of carbonyl (C=O) groups excluding carboxylic acids is 1. The van der Waals surface area contributed by atoms with Crippen LogP contribution in [-0.4, -0.2) is 58.5 Å². The number of carbonyl (C=O) groups is 2. The fraction of sp³-hybridized carbons (Fsp3) is 0.276. The molecule has 1 amide bonds. The Kier molecular flexibility index (Phi) is 7.59. The normalized spacial score (nSPS) is 15.9. The first-order valence-corrected chi connectivity index (χ1v) is 14.4. The van der Waals surface area contributed by atoms with E-state index in [4.69, 9.17) is 4.74 Å². The zero-order chi connectivity index (χ0) is 28.4. The molecule has 2 aromatic heterocycles. The van der Waals surface area contributed by atoms with Gasteiger partial charge in [0.15, 0.2) is 0 Å². The van der Waals surface area contributed by atoms with Crippen molar-refractivity contribution in [3.8, 4) is 5.75 Å². The van der Waals surface area contributed by atoms with Crippen molar-refractivity contribution in [3.05, 3.63) is 84.3 Å². The summed E-state index contributed by atoms with van der Waals surface area (Å²) in [6.07, 6.45) is 5.41. The van der Waals surface area contributed by atoms with E-state index in [0.29, 0.717) is 35.5 Å². The monoisotopic (exact) mass is 562 g/mol. The Labute approximate surface area is 232 Å². The van der Waals surface area contributed by atoms with Crippen molar-refractivity contribution in [2.75, 3.05) is 18.4 Å². The molecular formula is C29H30N4O6S. The van der Waals surface area contributed by atoms with Crippen LogP contribution in [0.4, 0.5) is 5.69 Å². The van der Waals surface area contributed by atoms with E-state index in [2.05, 4.69) is 10.3 Å². The fourth-order valence-corrected chi connectivity index (χ4v) is 6.51. The number of benzene rings is 2. The summed E-state index contributed by atoms with van der Waals surface area (Å²) in [4.78, 5) is 28.4. The largest absolute Gasteiger partial charge is 0.491 e. The number of aromatic nitrogens is 2. The minimum atomic E-state index is -3.71. The molecule has 40 heavy (non-hydrogen) atoms. The number of hydrogen-bond acceptors (Lipinski definition) is 6. The highest BCUT2D eigenvalue weighted by Crippen LogP contribution is 2.37. The number of pyridine rings is 1. The molecule has 1 aliphatic rings. The fourth-order valence-electron chi connectivity index (χ4n) is 5.01. The van der Waals surface area contributed by atoms with Gasteiger partial charge in [0.1, 0.15) is 12.3 Å². The minimum absolute atomic E-state index is 0.0152. The summed E-state index contributed by atoms with van der Waals surface area (Å²) in [5, 5.41) is 13.2. The van der Waals surface area contributed by atoms with E-state index in [1.807, 2.05) is 19.9 Å². The van der Waals surface area contributed by atoms with Gasteiger partial charge in [0.2, 0.25) is 10.0 Å². The third kappa shape index (κ3) is 5.70. The highest BCUT2D eigenvalue weighted by molar-refractivity contribution is 7.89. The maximum Gasteiger partial charge on any atom is 0.323 e. The standard InChI is InChI=1S/C29H30N4O6S/c1-19(2)39-23-6-8-24(9-7-23)40(37,38)33-13-11-21(16-33)26-17-32(18-28(34)35)27-14-22(5-10-25(26)27)31-29(36)20-4-3-12-30-15-20/h3-10,12,14-15,17,19,21H,11,13,16,18H2,1-2H3,(H,31,36)(H,34,35). The van der Waals surface area contributed by atoms with Gasteiger partial charge in [0.25, 0.3) is 5.91 Å². The molecule has 5 rings (SSSR count). The third-order valence-electron chi connectivity index (χ3n) is 6.82. The number of ether oxygens (including phenoxy) is 1. The quantitative estimate of drug-likeness (QED) is 0.310. The number of fused-ring (bicyclic) bond motifs is 1. The van der Waals surface area contributed by atoms with Crippen molar-refractivity contribution in [1.29, 1.82) is 0 Å². The van der Waals surface area contributed by atoms with Crippen LogP contribution in [0.3, 0.4) is 0 Å². The number of nitrogens with one attached hydrogen (secondary N) is 1. The van der Waals surface area contributed by atoms with E-state index in [9.17, 15) is 23.1 Å². The molecule has 1 fully saturated rings. The molecule has 1 unspecified atom stereocenters. The van der Waals surface area contributed by atoms with Gasteiger partial charge in [0.05, 0.1) is 22.1 Å². The summed E-state index contributed by atoms with van der Waals surface area (Å²) in [6.45, 7) is 4.17. The number of anilines is 1. The van der Waals surface area contributed by atoms with Gasteiger partial charge in [-0.1, -0.05) is 6.07 Å². The molecule has 11 heteroatoms. The van der Waals surface area contributed by atoms with Crippen molar-refractivity contribution in [3.63, 3.8) is 0 Å². The first kappa shape index (κ1) is 27.4. The zero-order valence-corrected chi connectivity index (χ0v) is 23.0. The lowest BCUT2D eigenvalue weighted by Gasteiger charge is -2.17. The molecule has 4 aromatic rings. The lowest BCUT2D eigenvalue weighted by atomic mass is 9.98. The molecular weight excluding hydrogens is 532 g/mol. The van der Waals surface area contributed by atoms with Crippen LogP contribution in [0.15, 0.2) is 78.1 Å². The summed E-state index contributed by atoms with van der Waals surface area (Å²) in [5.41, 5.74) is 2.43. The van der Waals surface area contributed by atoms with E-state index in [1.165, 1.54) is 10.5 Å². The van der Waals surface area contributed by atoms with Crippen LogP contribution in [0, 0.1) is 0 Å². The van der Waals surface area contributed by atoms with Gasteiger partial charge < -0.3 is 19.7 Å². The van der Waals surface area contributed by atoms with Crippen molar-refractivity contribution in [1.82, 2.24) is 13.9 Å². The molecule has 10 nitrogen and oxygen atoms in total. The van der Waals surface area contributed by atoms with E-state index in [1.54, 1.807) is 65.5 Å². The average Bonchev–Trinajstić information content (AvgIpc) is 3.55. The topological polar surface area (TPSA) is 131 Å². The predicted octanol–water partition coefficient (Wildman–Crippen LogP) is 4.34. The van der Waals surface area contributed by atoms with Gasteiger partial charge in [-0.3, -0.25) is 14.6 Å². The molecule has 2 N–H and O–H groups in total. The lowest BCUT2D eigenvalue weighted by Crippen LogP contribution is -2.28. The Hall–Kier alpha value is -4.22. The smallest absolute Gasteiger partial charge is 0.323 e. The number of carboxylic acids is 1. The van der Waals surface area contributed by atoms with Crippen LogP contribution >= 0.6 is 0 Å². The van der Waals surface area contributed by atoms with Gasteiger partial charge in [-0.2, -0.15) is 4.31 Å². The van der Waals surface area contributed by atoms with Gasteiger partial charge in [-0.05, 0) is 74.4 Å². The number of sulfonamides is 1. The van der Waals surface area contributed by atoms with Crippen molar-refractivity contribution in [2.24, 2.45) is 0 Å². The molecule has 1 aliphatic heterocycles. The maximum atomic E-state index is 13.4. The maximum absolute atomic E-state index is 13.4. The second-order valence-corrected chi connectivity index (χ2v) is 12.0. The molecule has 0 spiro atoms. The highest BCUT2D eigenvalue weighted by Gasteiger charge is 2.34. The minimum Gasteiger partial charge on any atom is -0.491 e. The predicted molar refractivity (Wildman–Crippen MR) is 150 cm³/mol. The number of hydrogen-bond donors (Lipinski definition) is 2. The van der Waals surface area contributed by atoms with Crippen LogP contribution < -0.4 is 10.1 Å². The average molecular weight is 563 g/mol. The van der Waals surface area contributed by atoms with Gasteiger partial charge in [0, 0.05) is 48.7 Å². The zero-order valence-electron chi connectivity index (χ0n) is 22.1. The van der Waals surface area contributed by atoms with Crippen LogP contribution in [-0.2, 0) is 21.4 Å². The van der Waals surface area contributed by atoms with Crippen molar-refractivity contribution in [2.45, 2.75) is 43.7 Å². The van der Waals surface area contributed by atoms with E-state index < -0.39 is 16.0 Å². The molecule has 1 saturated heterocycles. The summed E-state index contributed by atoms with van der Waals surface area (Å²) in [7, 11) is -3.71. The van der Waals surface area contributed by atoms with Gasteiger partial charge >= 0.3 is 5.97 Å². The highest BCUT2D eigenvalue weighted by atomic mass is 32.2. The first-order valence-electron chi connectivity index (χ1n) is 12.9. The summed E-state index contributed by atoms with van der Waals surface area (Å²) < 4.78 is 35.5. The summed E-state index contributed by atoms with van der Waals surface area (Å²) >= 11 is 0. The molecule has 0 radical (unpaired) electrons. The van der Waals surface area contributed by atoms with Crippen molar-refractivity contribution < 1.29 is 27.9 Å². The molecule has 0 aliphatic carbocycles. The van der Waals surface area contributed by atoms with E-state index in [-0.39, 0.29) is 35.9 Å². The second-order valence-electron chi connectivity index (χ2n) is 10.0. The summed E-state index contributed by atoms with van der Waals surface area (Å²) in [5.74, 6) is -0.847. The van der Waals surface area contributed by atoms with Gasteiger partial charge in [-0.15, -0.1) is 0 Å². The third-order valence-corrected chi connectivity index (χ3v) is 8.70.